The van der Waals surface area contributed by atoms with E-state index < -0.39 is 11.8 Å². The predicted octanol–water partition coefficient (Wildman–Crippen LogP) is 2.43. The second-order valence-corrected chi connectivity index (χ2v) is 3.10. The number of aromatic carboxylic acids is 1. The highest BCUT2D eigenvalue weighted by atomic mass is 79.9. The first-order chi connectivity index (χ1) is 6.61. The van der Waals surface area contributed by atoms with Gasteiger partial charge in [0.1, 0.15) is 17.1 Å². The van der Waals surface area contributed by atoms with E-state index in [-0.39, 0.29) is 10.9 Å². The SMILES string of the molecule is COc1ccc(F)c(C(=O)O)c1CBr. The highest BCUT2D eigenvalue weighted by Crippen LogP contribution is 2.26. The largest absolute Gasteiger partial charge is 0.496 e. The van der Waals surface area contributed by atoms with E-state index in [4.69, 9.17) is 9.84 Å². The van der Waals surface area contributed by atoms with E-state index in [9.17, 15) is 9.18 Å². The Kier molecular flexibility index (Phi) is 3.46. The van der Waals surface area contributed by atoms with Crippen LogP contribution >= 0.6 is 15.9 Å². The van der Waals surface area contributed by atoms with Crippen LogP contribution < -0.4 is 4.74 Å². The summed E-state index contributed by atoms with van der Waals surface area (Å²) in [5, 5.41) is 9.01. The first kappa shape index (κ1) is 11.0. The average molecular weight is 263 g/mol. The molecule has 0 saturated carbocycles. The third-order valence-corrected chi connectivity index (χ3v) is 2.35. The maximum absolute atomic E-state index is 13.1. The van der Waals surface area contributed by atoms with Crippen molar-refractivity contribution in [1.82, 2.24) is 0 Å². The van der Waals surface area contributed by atoms with Crippen molar-refractivity contribution in [1.29, 1.82) is 0 Å². The van der Waals surface area contributed by atoms with E-state index in [0.717, 1.165) is 6.07 Å². The van der Waals surface area contributed by atoms with Crippen LogP contribution in [0, 0.1) is 5.82 Å². The zero-order valence-corrected chi connectivity index (χ0v) is 8.97. The van der Waals surface area contributed by atoms with Gasteiger partial charge in [0.25, 0.3) is 0 Å². The Hall–Kier alpha value is -1.10. The highest BCUT2D eigenvalue weighted by Gasteiger charge is 2.18. The lowest BCUT2D eigenvalue weighted by Gasteiger charge is -2.09. The van der Waals surface area contributed by atoms with Gasteiger partial charge in [-0.3, -0.25) is 0 Å². The van der Waals surface area contributed by atoms with Crippen molar-refractivity contribution < 1.29 is 19.0 Å². The number of hydrogen-bond donors (Lipinski definition) is 1. The van der Waals surface area contributed by atoms with Crippen LogP contribution in [0.4, 0.5) is 4.39 Å². The second kappa shape index (κ2) is 4.41. The Bertz CT molecular complexity index is 365. The van der Waals surface area contributed by atoms with Gasteiger partial charge in [-0.25, -0.2) is 9.18 Å². The van der Waals surface area contributed by atoms with Gasteiger partial charge in [-0.05, 0) is 12.1 Å². The number of carboxylic acids is 1. The zero-order chi connectivity index (χ0) is 10.7. The monoisotopic (exact) mass is 262 g/mol. The summed E-state index contributed by atoms with van der Waals surface area (Å²) in [5.41, 5.74) is -0.0405. The predicted molar refractivity (Wildman–Crippen MR) is 52.5 cm³/mol. The molecule has 0 atom stereocenters. The Balaban J connectivity index is 3.42. The van der Waals surface area contributed by atoms with Crippen LogP contribution in [0.2, 0.25) is 0 Å². The molecular weight excluding hydrogens is 255 g/mol. The maximum Gasteiger partial charge on any atom is 0.339 e. The first-order valence-electron chi connectivity index (χ1n) is 3.76. The summed E-state index contributed by atoms with van der Waals surface area (Å²) in [5.74, 6) is -1.69. The van der Waals surface area contributed by atoms with Crippen molar-refractivity contribution in [2.45, 2.75) is 5.33 Å². The molecule has 0 aliphatic rings. The van der Waals surface area contributed by atoms with E-state index in [2.05, 4.69) is 15.9 Å². The summed E-state index contributed by atoms with van der Waals surface area (Å²) in [7, 11) is 1.41. The lowest BCUT2D eigenvalue weighted by Crippen LogP contribution is -2.06. The molecule has 1 aromatic carbocycles. The first-order valence-corrected chi connectivity index (χ1v) is 4.88. The van der Waals surface area contributed by atoms with Crippen LogP contribution in [0.3, 0.4) is 0 Å². The molecule has 0 amide bonds. The average Bonchev–Trinajstić information content (AvgIpc) is 2.16. The Labute approximate surface area is 88.6 Å². The Morgan fingerprint density at radius 2 is 2.29 bits per heavy atom. The molecule has 0 aliphatic carbocycles. The molecule has 0 fully saturated rings. The van der Waals surface area contributed by atoms with Crippen molar-refractivity contribution in [2.75, 3.05) is 7.11 Å². The number of hydrogen-bond acceptors (Lipinski definition) is 2. The highest BCUT2D eigenvalue weighted by molar-refractivity contribution is 9.08. The van der Waals surface area contributed by atoms with Gasteiger partial charge in [0, 0.05) is 10.9 Å². The van der Waals surface area contributed by atoms with Crippen LogP contribution in [0.1, 0.15) is 15.9 Å². The number of methoxy groups -OCH3 is 1. The third kappa shape index (κ3) is 1.87. The molecule has 0 radical (unpaired) electrons. The second-order valence-electron chi connectivity index (χ2n) is 2.54. The van der Waals surface area contributed by atoms with Gasteiger partial charge in [0.05, 0.1) is 7.11 Å². The van der Waals surface area contributed by atoms with Crippen molar-refractivity contribution in [3.05, 3.63) is 29.1 Å². The fourth-order valence-corrected chi connectivity index (χ4v) is 1.71. The molecule has 0 saturated heterocycles. The van der Waals surface area contributed by atoms with Gasteiger partial charge in [0.2, 0.25) is 0 Å². The minimum atomic E-state index is -1.30. The number of rotatable bonds is 3. The summed E-state index contributed by atoms with van der Waals surface area (Å²) in [6.45, 7) is 0. The summed E-state index contributed by atoms with van der Waals surface area (Å²) in [6.07, 6.45) is 0. The van der Waals surface area contributed by atoms with E-state index in [0.29, 0.717) is 11.3 Å². The van der Waals surface area contributed by atoms with Crippen molar-refractivity contribution >= 4 is 21.9 Å². The topological polar surface area (TPSA) is 46.5 Å². The molecule has 0 heterocycles. The molecule has 1 N–H and O–H groups in total. The van der Waals surface area contributed by atoms with Gasteiger partial charge in [-0.1, -0.05) is 15.9 Å². The standard InChI is InChI=1S/C9H8BrFO3/c1-14-7-3-2-6(11)8(9(12)13)5(7)4-10/h2-3H,4H2,1H3,(H,12,13). The van der Waals surface area contributed by atoms with Gasteiger partial charge in [-0.2, -0.15) is 0 Å². The summed E-state index contributed by atoms with van der Waals surface area (Å²) < 4.78 is 18.1. The lowest BCUT2D eigenvalue weighted by molar-refractivity contribution is 0.0690. The molecule has 14 heavy (non-hydrogen) atoms. The quantitative estimate of drug-likeness (QED) is 0.852. The minimum absolute atomic E-state index is 0.232. The molecule has 0 unspecified atom stereocenters. The fourth-order valence-electron chi connectivity index (χ4n) is 1.16. The molecule has 1 rings (SSSR count). The van der Waals surface area contributed by atoms with E-state index >= 15 is 0 Å². The van der Waals surface area contributed by atoms with E-state index in [1.165, 1.54) is 13.2 Å². The summed E-state index contributed by atoms with van der Waals surface area (Å²) >= 11 is 3.09. The molecule has 0 aromatic heterocycles. The molecule has 5 heteroatoms. The number of ether oxygens (including phenoxy) is 1. The summed E-state index contributed by atoms with van der Waals surface area (Å²) in [4.78, 5) is 10.8. The number of carboxylic acid groups (broad SMARTS) is 1. The smallest absolute Gasteiger partial charge is 0.339 e. The van der Waals surface area contributed by atoms with Crippen LogP contribution in [-0.2, 0) is 5.33 Å². The van der Waals surface area contributed by atoms with Gasteiger partial charge >= 0.3 is 5.97 Å². The lowest BCUT2D eigenvalue weighted by atomic mass is 10.1. The minimum Gasteiger partial charge on any atom is -0.496 e. The maximum atomic E-state index is 13.1. The number of halogens is 2. The van der Waals surface area contributed by atoms with Gasteiger partial charge < -0.3 is 9.84 Å². The molecule has 0 spiro atoms. The van der Waals surface area contributed by atoms with Crippen LogP contribution in [-0.4, -0.2) is 18.2 Å². The molecule has 0 bridgehead atoms. The van der Waals surface area contributed by atoms with Crippen molar-refractivity contribution in [2.24, 2.45) is 0 Å². The number of carbonyl (C=O) groups is 1. The van der Waals surface area contributed by atoms with Gasteiger partial charge in [-0.15, -0.1) is 0 Å². The molecular formula is C9H8BrFO3. The number of benzene rings is 1. The molecule has 3 nitrogen and oxygen atoms in total. The van der Waals surface area contributed by atoms with E-state index in [1.807, 2.05) is 0 Å². The summed E-state index contributed by atoms with van der Waals surface area (Å²) in [6, 6.07) is 2.48. The van der Waals surface area contributed by atoms with Gasteiger partial charge in [0.15, 0.2) is 0 Å². The van der Waals surface area contributed by atoms with Crippen LogP contribution in [0.5, 0.6) is 5.75 Å². The molecule has 76 valence electrons. The Morgan fingerprint density at radius 3 is 2.71 bits per heavy atom. The zero-order valence-electron chi connectivity index (χ0n) is 7.38. The fraction of sp³-hybridized carbons (Fsp3) is 0.222. The van der Waals surface area contributed by atoms with Crippen molar-refractivity contribution in [3.63, 3.8) is 0 Å². The van der Waals surface area contributed by atoms with Crippen LogP contribution in [0.25, 0.3) is 0 Å². The number of alkyl halides is 1. The van der Waals surface area contributed by atoms with Crippen molar-refractivity contribution in [3.8, 4) is 5.75 Å². The normalized spacial score (nSPS) is 9.93. The molecule has 0 aliphatic heterocycles. The third-order valence-electron chi connectivity index (χ3n) is 1.79. The Morgan fingerprint density at radius 1 is 1.64 bits per heavy atom. The molecule has 1 aromatic rings. The van der Waals surface area contributed by atoms with Crippen LogP contribution in [0.15, 0.2) is 12.1 Å². The van der Waals surface area contributed by atoms with E-state index in [1.54, 1.807) is 0 Å².